The molecule has 1 aromatic carbocycles. The largest absolute Gasteiger partial charge is 0.373 e. The summed E-state index contributed by atoms with van der Waals surface area (Å²) in [6.07, 6.45) is 1.42. The van der Waals surface area contributed by atoms with Crippen molar-refractivity contribution in [3.8, 4) is 0 Å². The van der Waals surface area contributed by atoms with Crippen LogP contribution in [0.1, 0.15) is 22.2 Å². The summed E-state index contributed by atoms with van der Waals surface area (Å²) in [5.41, 5.74) is 2.31. The number of carbonyl (C=O) groups is 1. The number of pyridine rings is 2. The van der Waals surface area contributed by atoms with Gasteiger partial charge in [0.25, 0.3) is 5.91 Å². The standard InChI is InChI=1S/C20H20N4O2/c1-21-19-8-4-7-17(23-19)18-13-24(9-10-26-18)20(25)15-11-14-5-2-3-6-16(14)22-12-15/h2-8,11-12,18H,9-10,13H2,1H3,(H,21,23). The van der Waals surface area contributed by atoms with Crippen molar-refractivity contribution >= 4 is 22.6 Å². The number of hydrogen-bond donors (Lipinski definition) is 1. The molecule has 1 aliphatic rings. The van der Waals surface area contributed by atoms with E-state index in [9.17, 15) is 4.79 Å². The Balaban J connectivity index is 1.55. The molecule has 4 rings (SSSR count). The topological polar surface area (TPSA) is 67.4 Å². The van der Waals surface area contributed by atoms with Gasteiger partial charge in [0, 0.05) is 25.2 Å². The van der Waals surface area contributed by atoms with Crippen LogP contribution >= 0.6 is 0 Å². The average Bonchev–Trinajstić information content (AvgIpc) is 2.73. The van der Waals surface area contributed by atoms with E-state index in [1.807, 2.05) is 60.5 Å². The highest BCUT2D eigenvalue weighted by Crippen LogP contribution is 2.23. The second-order valence-electron chi connectivity index (χ2n) is 6.22. The van der Waals surface area contributed by atoms with E-state index < -0.39 is 0 Å². The molecule has 132 valence electrons. The Morgan fingerprint density at radius 1 is 1.23 bits per heavy atom. The smallest absolute Gasteiger partial charge is 0.255 e. The predicted molar refractivity (Wildman–Crippen MR) is 100 cm³/mol. The van der Waals surface area contributed by atoms with Gasteiger partial charge in [0.1, 0.15) is 11.9 Å². The third-order valence-corrected chi connectivity index (χ3v) is 4.55. The first-order chi connectivity index (χ1) is 12.7. The average molecular weight is 348 g/mol. The quantitative estimate of drug-likeness (QED) is 0.788. The monoisotopic (exact) mass is 348 g/mol. The van der Waals surface area contributed by atoms with Crippen LogP contribution in [-0.2, 0) is 4.74 Å². The van der Waals surface area contributed by atoms with Crippen molar-refractivity contribution in [3.63, 3.8) is 0 Å². The highest BCUT2D eigenvalue weighted by molar-refractivity contribution is 5.97. The SMILES string of the molecule is CNc1cccc(C2CN(C(=O)c3cnc4ccccc4c3)CCO2)n1. The Morgan fingerprint density at radius 2 is 2.12 bits per heavy atom. The van der Waals surface area contributed by atoms with Gasteiger partial charge in [-0.3, -0.25) is 9.78 Å². The minimum atomic E-state index is -0.227. The molecule has 1 unspecified atom stereocenters. The molecule has 0 spiro atoms. The Kier molecular flexibility index (Phi) is 4.50. The molecular weight excluding hydrogens is 328 g/mol. The molecule has 0 saturated carbocycles. The van der Waals surface area contributed by atoms with Crippen LogP contribution in [-0.4, -0.2) is 47.5 Å². The number of anilines is 1. The predicted octanol–water partition coefficient (Wildman–Crippen LogP) is 2.89. The van der Waals surface area contributed by atoms with Gasteiger partial charge < -0.3 is 15.0 Å². The molecule has 0 aliphatic carbocycles. The summed E-state index contributed by atoms with van der Waals surface area (Å²) >= 11 is 0. The number of rotatable bonds is 3. The van der Waals surface area contributed by atoms with Gasteiger partial charge in [-0.15, -0.1) is 0 Å². The second-order valence-corrected chi connectivity index (χ2v) is 6.22. The van der Waals surface area contributed by atoms with Crippen molar-refractivity contribution in [2.75, 3.05) is 32.1 Å². The molecule has 2 aromatic heterocycles. The maximum absolute atomic E-state index is 12.9. The Labute approximate surface area is 151 Å². The first-order valence-electron chi connectivity index (χ1n) is 8.65. The van der Waals surface area contributed by atoms with Gasteiger partial charge in [-0.25, -0.2) is 4.98 Å². The Morgan fingerprint density at radius 3 is 3.00 bits per heavy atom. The summed E-state index contributed by atoms with van der Waals surface area (Å²) < 4.78 is 5.85. The lowest BCUT2D eigenvalue weighted by Gasteiger charge is -2.32. The first kappa shape index (κ1) is 16.5. The first-order valence-corrected chi connectivity index (χ1v) is 8.65. The summed E-state index contributed by atoms with van der Waals surface area (Å²) in [5.74, 6) is 0.759. The normalized spacial score (nSPS) is 17.3. The summed E-state index contributed by atoms with van der Waals surface area (Å²) in [6, 6.07) is 15.5. The van der Waals surface area contributed by atoms with Crippen molar-refractivity contribution < 1.29 is 9.53 Å². The van der Waals surface area contributed by atoms with E-state index in [2.05, 4.69) is 15.3 Å². The van der Waals surface area contributed by atoms with Crippen LogP contribution in [0.5, 0.6) is 0 Å². The van der Waals surface area contributed by atoms with E-state index in [-0.39, 0.29) is 12.0 Å². The lowest BCUT2D eigenvalue weighted by Crippen LogP contribution is -2.42. The highest BCUT2D eigenvalue weighted by Gasteiger charge is 2.27. The van der Waals surface area contributed by atoms with Gasteiger partial charge in [0.2, 0.25) is 0 Å². The van der Waals surface area contributed by atoms with Crippen molar-refractivity contribution in [2.24, 2.45) is 0 Å². The fourth-order valence-corrected chi connectivity index (χ4v) is 3.15. The van der Waals surface area contributed by atoms with Crippen LogP contribution in [0.2, 0.25) is 0 Å². The fraction of sp³-hybridized carbons (Fsp3) is 0.250. The van der Waals surface area contributed by atoms with Gasteiger partial charge in [-0.05, 0) is 24.3 Å². The Hall–Kier alpha value is -2.99. The zero-order valence-corrected chi connectivity index (χ0v) is 14.6. The fourth-order valence-electron chi connectivity index (χ4n) is 3.15. The van der Waals surface area contributed by atoms with Crippen molar-refractivity contribution in [1.82, 2.24) is 14.9 Å². The van der Waals surface area contributed by atoms with E-state index in [1.54, 1.807) is 6.20 Å². The molecule has 0 bridgehead atoms. The van der Waals surface area contributed by atoms with Gasteiger partial charge in [-0.2, -0.15) is 0 Å². The molecular formula is C20H20N4O2. The maximum atomic E-state index is 12.9. The summed E-state index contributed by atoms with van der Waals surface area (Å²) in [5, 5.41) is 3.99. The van der Waals surface area contributed by atoms with Gasteiger partial charge in [-0.1, -0.05) is 24.3 Å². The van der Waals surface area contributed by atoms with Crippen molar-refractivity contribution in [2.45, 2.75) is 6.10 Å². The van der Waals surface area contributed by atoms with Crippen LogP contribution in [0.4, 0.5) is 5.82 Å². The van der Waals surface area contributed by atoms with Crippen molar-refractivity contribution in [1.29, 1.82) is 0 Å². The molecule has 6 heteroatoms. The zero-order valence-electron chi connectivity index (χ0n) is 14.6. The van der Waals surface area contributed by atoms with E-state index in [4.69, 9.17) is 4.74 Å². The summed E-state index contributed by atoms with van der Waals surface area (Å²) in [7, 11) is 1.83. The second kappa shape index (κ2) is 7.09. The zero-order chi connectivity index (χ0) is 17.9. The summed E-state index contributed by atoms with van der Waals surface area (Å²) in [6.45, 7) is 1.53. The third kappa shape index (κ3) is 3.23. The minimum absolute atomic E-state index is 0.0266. The number of nitrogens with one attached hydrogen (secondary N) is 1. The number of nitrogens with zero attached hydrogens (tertiary/aromatic N) is 3. The number of carbonyl (C=O) groups excluding carboxylic acids is 1. The van der Waals surface area contributed by atoms with Crippen LogP contribution in [0, 0.1) is 0 Å². The highest BCUT2D eigenvalue weighted by atomic mass is 16.5. The number of aromatic nitrogens is 2. The van der Waals surface area contributed by atoms with Crippen LogP contribution in [0.25, 0.3) is 10.9 Å². The third-order valence-electron chi connectivity index (χ3n) is 4.55. The van der Waals surface area contributed by atoms with E-state index in [1.165, 1.54) is 0 Å². The number of ether oxygens (including phenoxy) is 1. The molecule has 1 saturated heterocycles. The van der Waals surface area contributed by atoms with Gasteiger partial charge >= 0.3 is 0 Å². The molecule has 1 fully saturated rings. The molecule has 0 radical (unpaired) electrons. The summed E-state index contributed by atoms with van der Waals surface area (Å²) in [4.78, 5) is 23.7. The minimum Gasteiger partial charge on any atom is -0.373 e. The maximum Gasteiger partial charge on any atom is 0.255 e. The number of hydrogen-bond acceptors (Lipinski definition) is 5. The van der Waals surface area contributed by atoms with E-state index in [0.717, 1.165) is 22.4 Å². The number of fused-ring (bicyclic) bond motifs is 1. The molecule has 1 amide bonds. The van der Waals surface area contributed by atoms with Crippen LogP contribution in [0.3, 0.4) is 0 Å². The molecule has 3 aromatic rings. The number of amides is 1. The van der Waals surface area contributed by atoms with E-state index >= 15 is 0 Å². The van der Waals surface area contributed by atoms with Crippen LogP contribution in [0.15, 0.2) is 54.7 Å². The van der Waals surface area contributed by atoms with Gasteiger partial charge in [0.15, 0.2) is 0 Å². The lowest BCUT2D eigenvalue weighted by atomic mass is 10.1. The number of benzene rings is 1. The molecule has 1 aliphatic heterocycles. The molecule has 3 heterocycles. The van der Waals surface area contributed by atoms with Crippen molar-refractivity contribution in [3.05, 3.63) is 66.0 Å². The molecule has 1 atom stereocenters. The lowest BCUT2D eigenvalue weighted by molar-refractivity contribution is -0.0246. The van der Waals surface area contributed by atoms with Gasteiger partial charge in [0.05, 0.1) is 29.9 Å². The molecule has 26 heavy (non-hydrogen) atoms. The van der Waals surface area contributed by atoms with E-state index in [0.29, 0.717) is 25.3 Å². The number of morpholine rings is 1. The Bertz CT molecular complexity index is 944. The molecule has 6 nitrogen and oxygen atoms in total. The number of para-hydroxylation sites is 1. The van der Waals surface area contributed by atoms with Crippen LogP contribution < -0.4 is 5.32 Å². The molecule has 1 N–H and O–H groups in total.